The number of aliphatic hydroxyl groups excluding tert-OH is 1. The third kappa shape index (κ3) is 7.11. The van der Waals surface area contributed by atoms with Crippen LogP contribution < -0.4 is 10.2 Å². The number of piperazine rings is 1. The van der Waals surface area contributed by atoms with Gasteiger partial charge in [-0.3, -0.25) is 14.3 Å². The molecule has 2 N–H and O–H groups in total. The maximum Gasteiger partial charge on any atom is 0.271 e. The summed E-state index contributed by atoms with van der Waals surface area (Å²) in [5.41, 5.74) is 4.07. The summed E-state index contributed by atoms with van der Waals surface area (Å²) in [4.78, 5) is 21.8. The van der Waals surface area contributed by atoms with Crippen molar-refractivity contribution in [2.75, 3.05) is 44.2 Å². The topological polar surface area (TPSA) is 73.6 Å². The summed E-state index contributed by atoms with van der Waals surface area (Å²) in [5.74, 6) is 0.366. The highest BCUT2D eigenvalue weighted by Gasteiger charge is 2.23. The monoisotopic (exact) mass is 587 g/mol. The molecule has 2 heterocycles. The van der Waals surface area contributed by atoms with E-state index in [1.807, 2.05) is 61.7 Å². The van der Waals surface area contributed by atoms with Gasteiger partial charge in [0.1, 0.15) is 11.5 Å². The Morgan fingerprint density at radius 2 is 1.59 bits per heavy atom. The number of aryl methyl sites for hydroxylation is 1. The standard InChI is InChI=1S/C26H31Cl2N5O2.2ClH/c1-17-21(27)8-6-10-23(17)32-13-11-31(12-14-32)16-20(34)15-29-26(35)25-18(2)33(19(3)30-25)24-9-5-4-7-22(24)28;;/h4-10,20,34H,11-16H2,1-3H3,(H,29,35);2*1H. The second-order valence-electron chi connectivity index (χ2n) is 8.92. The lowest BCUT2D eigenvalue weighted by Gasteiger charge is -2.37. The molecule has 0 aliphatic carbocycles. The number of β-amino-alcohol motifs (C(OH)–C–C–N with tert-alkyl or cyclic N) is 1. The Hall–Kier alpha value is -2.00. The Labute approximate surface area is 240 Å². The van der Waals surface area contributed by atoms with E-state index in [0.717, 1.165) is 48.1 Å². The number of hydrogen-bond acceptors (Lipinski definition) is 5. The Morgan fingerprint density at radius 1 is 0.973 bits per heavy atom. The number of amides is 1. The molecule has 1 unspecified atom stereocenters. The first-order chi connectivity index (χ1) is 16.8. The quantitative estimate of drug-likeness (QED) is 0.412. The van der Waals surface area contributed by atoms with Gasteiger partial charge in [0.2, 0.25) is 0 Å². The summed E-state index contributed by atoms with van der Waals surface area (Å²) < 4.78 is 1.87. The summed E-state index contributed by atoms with van der Waals surface area (Å²) >= 11 is 12.6. The summed E-state index contributed by atoms with van der Waals surface area (Å²) in [6.07, 6.45) is -0.675. The smallest absolute Gasteiger partial charge is 0.271 e. The van der Waals surface area contributed by atoms with E-state index in [0.29, 0.717) is 28.8 Å². The van der Waals surface area contributed by atoms with E-state index >= 15 is 0 Å². The minimum atomic E-state index is -0.675. The lowest BCUT2D eigenvalue weighted by molar-refractivity contribution is 0.0847. The van der Waals surface area contributed by atoms with E-state index < -0.39 is 6.10 Å². The maximum atomic E-state index is 12.8. The van der Waals surface area contributed by atoms with Crippen LogP contribution in [0.3, 0.4) is 0 Å². The number of carbonyl (C=O) groups excluding carboxylic acids is 1. The van der Waals surface area contributed by atoms with Gasteiger partial charge in [0.25, 0.3) is 5.91 Å². The van der Waals surface area contributed by atoms with Crippen molar-refractivity contribution in [2.45, 2.75) is 26.9 Å². The van der Waals surface area contributed by atoms with Crippen molar-refractivity contribution in [3.8, 4) is 5.69 Å². The highest BCUT2D eigenvalue weighted by molar-refractivity contribution is 6.32. The van der Waals surface area contributed by atoms with Crippen LogP contribution in [0.25, 0.3) is 5.69 Å². The van der Waals surface area contributed by atoms with Crippen molar-refractivity contribution in [2.24, 2.45) is 0 Å². The lowest BCUT2D eigenvalue weighted by atomic mass is 10.1. The fourth-order valence-corrected chi connectivity index (χ4v) is 5.00. The average molecular weight is 589 g/mol. The van der Waals surface area contributed by atoms with Crippen molar-refractivity contribution >= 4 is 59.6 Å². The Bertz CT molecular complexity index is 1210. The van der Waals surface area contributed by atoms with Gasteiger partial charge in [0.15, 0.2) is 0 Å². The molecule has 1 aliphatic rings. The normalized spacial score (nSPS) is 14.5. The molecule has 11 heteroatoms. The molecular formula is C26H33Cl4N5O2. The van der Waals surface area contributed by atoms with Crippen LogP contribution in [-0.4, -0.2) is 70.8 Å². The summed E-state index contributed by atoms with van der Waals surface area (Å²) in [6.45, 7) is 9.75. The Morgan fingerprint density at radius 3 is 2.27 bits per heavy atom. The fraction of sp³-hybridized carbons (Fsp3) is 0.385. The summed E-state index contributed by atoms with van der Waals surface area (Å²) in [6, 6.07) is 13.4. The van der Waals surface area contributed by atoms with Crippen LogP contribution in [0.1, 0.15) is 27.6 Å². The van der Waals surface area contributed by atoms with Crippen LogP contribution in [0.5, 0.6) is 0 Å². The SMILES string of the molecule is Cc1c(Cl)cccc1N1CCN(CC(O)CNC(=O)c2nc(C)n(-c3ccccc3Cl)c2C)CC1.Cl.Cl. The third-order valence-corrected chi connectivity index (χ3v) is 7.23. The Balaban J connectivity index is 0.00000241. The number of nitrogens with zero attached hydrogens (tertiary/aromatic N) is 4. The molecular weight excluding hydrogens is 556 g/mol. The number of benzene rings is 2. The fourth-order valence-electron chi connectivity index (χ4n) is 4.61. The van der Waals surface area contributed by atoms with Gasteiger partial charge in [-0.1, -0.05) is 41.4 Å². The van der Waals surface area contributed by atoms with Crippen LogP contribution in [0.4, 0.5) is 5.69 Å². The number of aromatic nitrogens is 2. The minimum Gasteiger partial charge on any atom is -0.390 e. The van der Waals surface area contributed by atoms with E-state index in [9.17, 15) is 9.90 Å². The number of imidazole rings is 1. The van der Waals surface area contributed by atoms with Crippen LogP contribution in [0, 0.1) is 20.8 Å². The van der Waals surface area contributed by atoms with Gasteiger partial charge >= 0.3 is 0 Å². The van der Waals surface area contributed by atoms with Crippen molar-refractivity contribution < 1.29 is 9.90 Å². The second kappa shape index (κ2) is 13.7. The summed E-state index contributed by atoms with van der Waals surface area (Å²) in [7, 11) is 0. The van der Waals surface area contributed by atoms with Gasteiger partial charge in [-0.25, -0.2) is 4.98 Å². The highest BCUT2D eigenvalue weighted by Crippen LogP contribution is 2.27. The van der Waals surface area contributed by atoms with E-state index in [2.05, 4.69) is 26.2 Å². The van der Waals surface area contributed by atoms with Crippen LogP contribution in [-0.2, 0) is 0 Å². The molecule has 202 valence electrons. The molecule has 4 rings (SSSR count). The van der Waals surface area contributed by atoms with E-state index in [1.165, 1.54) is 0 Å². The lowest BCUT2D eigenvalue weighted by Crippen LogP contribution is -2.50. The van der Waals surface area contributed by atoms with Crippen molar-refractivity contribution in [1.29, 1.82) is 0 Å². The average Bonchev–Trinajstić information content (AvgIpc) is 3.14. The number of rotatable bonds is 7. The molecule has 3 aromatic rings. The molecule has 1 amide bonds. The van der Waals surface area contributed by atoms with Gasteiger partial charge in [0.05, 0.1) is 22.5 Å². The number of anilines is 1. The number of hydrogen-bond donors (Lipinski definition) is 2. The predicted octanol–water partition coefficient (Wildman–Crippen LogP) is 4.86. The van der Waals surface area contributed by atoms with E-state index in [4.69, 9.17) is 23.2 Å². The molecule has 37 heavy (non-hydrogen) atoms. The highest BCUT2D eigenvalue weighted by atomic mass is 35.5. The Kier molecular flexibility index (Phi) is 11.6. The molecule has 1 fully saturated rings. The summed E-state index contributed by atoms with van der Waals surface area (Å²) in [5, 5.41) is 14.8. The van der Waals surface area contributed by atoms with Crippen LogP contribution >= 0.6 is 48.0 Å². The molecule has 1 saturated heterocycles. The number of carbonyl (C=O) groups is 1. The van der Waals surface area contributed by atoms with Gasteiger partial charge < -0.3 is 15.3 Å². The molecule has 2 aromatic carbocycles. The van der Waals surface area contributed by atoms with Crippen LogP contribution in [0.15, 0.2) is 42.5 Å². The van der Waals surface area contributed by atoms with E-state index in [-0.39, 0.29) is 37.3 Å². The maximum absolute atomic E-state index is 12.8. The van der Waals surface area contributed by atoms with Gasteiger partial charge in [0, 0.05) is 50.0 Å². The zero-order valence-corrected chi connectivity index (χ0v) is 24.2. The first kappa shape index (κ1) is 31.2. The molecule has 1 atom stereocenters. The molecule has 1 aliphatic heterocycles. The zero-order valence-electron chi connectivity index (χ0n) is 21.1. The molecule has 1 aromatic heterocycles. The first-order valence-corrected chi connectivity index (χ1v) is 12.5. The van der Waals surface area contributed by atoms with Crippen molar-refractivity contribution in [1.82, 2.24) is 19.8 Å². The first-order valence-electron chi connectivity index (χ1n) is 11.8. The molecule has 0 radical (unpaired) electrons. The number of halogens is 4. The van der Waals surface area contributed by atoms with Gasteiger partial charge in [-0.2, -0.15) is 0 Å². The molecule has 0 saturated carbocycles. The third-order valence-electron chi connectivity index (χ3n) is 6.50. The van der Waals surface area contributed by atoms with Gasteiger partial charge in [-0.15, -0.1) is 24.8 Å². The van der Waals surface area contributed by atoms with Gasteiger partial charge in [-0.05, 0) is 50.6 Å². The number of para-hydroxylation sites is 1. The van der Waals surface area contributed by atoms with Crippen molar-refractivity contribution in [3.05, 3.63) is 75.3 Å². The van der Waals surface area contributed by atoms with E-state index in [1.54, 1.807) is 0 Å². The molecule has 0 spiro atoms. The van der Waals surface area contributed by atoms with Crippen LogP contribution in [0.2, 0.25) is 10.0 Å². The molecule has 0 bridgehead atoms. The minimum absolute atomic E-state index is 0. The molecule has 7 nitrogen and oxygen atoms in total. The zero-order chi connectivity index (χ0) is 25.1. The number of nitrogens with one attached hydrogen (secondary N) is 1. The number of aliphatic hydroxyl groups is 1. The predicted molar refractivity (Wildman–Crippen MR) is 156 cm³/mol. The van der Waals surface area contributed by atoms with Crippen molar-refractivity contribution in [3.63, 3.8) is 0 Å². The largest absolute Gasteiger partial charge is 0.390 e. The second-order valence-corrected chi connectivity index (χ2v) is 9.73.